The van der Waals surface area contributed by atoms with Gasteiger partial charge in [-0.05, 0) is 0 Å². The van der Waals surface area contributed by atoms with Crippen LogP contribution in [0.1, 0.15) is 0 Å². The summed E-state index contributed by atoms with van der Waals surface area (Å²) in [6.07, 6.45) is 0.0243. The van der Waals surface area contributed by atoms with Crippen molar-refractivity contribution in [2.75, 3.05) is 34.5 Å². The highest BCUT2D eigenvalue weighted by Gasteiger charge is 2.51. The molecule has 6 nitrogen and oxygen atoms in total. The Bertz CT molecular complexity index is 192. The molecule has 82 valence electrons. The highest BCUT2D eigenvalue weighted by atomic mass is 28.4. The molecule has 0 aromatic carbocycles. The van der Waals surface area contributed by atoms with Gasteiger partial charge >= 0.3 is 14.4 Å². The Labute approximate surface area is 83.4 Å². The molecular formula is C7H14O6Si. The van der Waals surface area contributed by atoms with Gasteiger partial charge in [0.25, 0.3) is 0 Å². The Hall–Kier alpha value is -0.473. The van der Waals surface area contributed by atoms with Gasteiger partial charge in [-0.15, -0.1) is 0 Å². The molecular weight excluding hydrogens is 208 g/mol. The quantitative estimate of drug-likeness (QED) is 0.465. The van der Waals surface area contributed by atoms with Crippen molar-refractivity contribution in [1.29, 1.82) is 0 Å². The van der Waals surface area contributed by atoms with Gasteiger partial charge in [-0.3, -0.25) is 0 Å². The van der Waals surface area contributed by atoms with E-state index in [2.05, 4.69) is 0 Å². The number of hydrogen-bond acceptors (Lipinski definition) is 6. The first-order chi connectivity index (χ1) is 6.68. The minimum atomic E-state index is -3.28. The van der Waals surface area contributed by atoms with Crippen LogP contribution < -0.4 is 0 Å². The summed E-state index contributed by atoms with van der Waals surface area (Å²) in [5.74, 6) is 0. The second-order valence-corrected chi connectivity index (χ2v) is 5.47. The van der Waals surface area contributed by atoms with Crippen LogP contribution in [-0.2, 0) is 22.8 Å². The van der Waals surface area contributed by atoms with Gasteiger partial charge in [0.05, 0.1) is 6.61 Å². The summed E-state index contributed by atoms with van der Waals surface area (Å²) in [7, 11) is 0.789. The van der Waals surface area contributed by atoms with Gasteiger partial charge in [-0.25, -0.2) is 4.79 Å². The number of carbonyl (C=O) groups is 1. The molecule has 1 saturated heterocycles. The maximum Gasteiger partial charge on any atom is 0.620 e. The molecule has 1 unspecified atom stereocenters. The highest BCUT2D eigenvalue weighted by Crippen LogP contribution is 2.13. The van der Waals surface area contributed by atoms with Crippen LogP contribution in [0.5, 0.6) is 0 Å². The molecule has 1 aliphatic rings. The second kappa shape index (κ2) is 4.85. The minimum Gasteiger partial charge on any atom is -0.461 e. The van der Waals surface area contributed by atoms with E-state index in [0.717, 1.165) is 0 Å². The van der Waals surface area contributed by atoms with Gasteiger partial charge < -0.3 is 22.8 Å². The lowest BCUT2D eigenvalue weighted by molar-refractivity contribution is 0.0926. The van der Waals surface area contributed by atoms with Gasteiger partial charge in [0, 0.05) is 21.3 Å². The van der Waals surface area contributed by atoms with Crippen molar-refractivity contribution >= 4 is 14.4 Å². The van der Waals surface area contributed by atoms with E-state index in [1.807, 2.05) is 0 Å². The van der Waals surface area contributed by atoms with Crippen molar-refractivity contribution in [3.63, 3.8) is 0 Å². The third-order valence-electron chi connectivity index (χ3n) is 1.86. The van der Waals surface area contributed by atoms with Crippen LogP contribution in [-0.4, -0.2) is 55.0 Å². The Kier molecular flexibility index (Phi) is 4.02. The number of carbonyl (C=O) groups excluding carboxylic acids is 1. The van der Waals surface area contributed by atoms with Crippen molar-refractivity contribution in [3.8, 4) is 0 Å². The third kappa shape index (κ3) is 2.52. The van der Waals surface area contributed by atoms with E-state index in [1.54, 1.807) is 0 Å². The molecule has 14 heavy (non-hydrogen) atoms. The molecule has 1 rings (SSSR count). The normalized spacial score (nSPS) is 20.6. The van der Waals surface area contributed by atoms with Gasteiger partial charge in [-0.2, -0.15) is 0 Å². The van der Waals surface area contributed by atoms with Crippen LogP contribution in [0, 0.1) is 0 Å². The highest BCUT2D eigenvalue weighted by molar-refractivity contribution is 6.90. The second-order valence-electron chi connectivity index (χ2n) is 2.72. The average Bonchev–Trinajstić information content (AvgIpc) is 3.02. The molecule has 7 heteroatoms. The smallest absolute Gasteiger partial charge is 0.461 e. The summed E-state index contributed by atoms with van der Waals surface area (Å²) in [6, 6.07) is 0. The first-order valence-corrected chi connectivity index (χ1v) is 5.85. The number of epoxide rings is 1. The fraction of sp³-hybridized carbons (Fsp3) is 0.857. The van der Waals surface area contributed by atoms with Crippen molar-refractivity contribution in [3.05, 3.63) is 0 Å². The average molecular weight is 222 g/mol. The SMILES string of the molecule is CO[Si](OC)(OC)C(=O)OCC1CO1. The van der Waals surface area contributed by atoms with Crippen molar-refractivity contribution < 1.29 is 27.5 Å². The summed E-state index contributed by atoms with van der Waals surface area (Å²) in [4.78, 5) is 11.5. The predicted octanol–water partition coefficient (Wildman–Crippen LogP) is -0.0184. The van der Waals surface area contributed by atoms with E-state index in [4.69, 9.17) is 22.8 Å². The molecule has 1 fully saturated rings. The van der Waals surface area contributed by atoms with Crippen LogP contribution in [0.4, 0.5) is 4.79 Å². The monoisotopic (exact) mass is 222 g/mol. The summed E-state index contributed by atoms with van der Waals surface area (Å²) in [5, 5.41) is 0. The van der Waals surface area contributed by atoms with E-state index in [-0.39, 0.29) is 12.7 Å². The van der Waals surface area contributed by atoms with Gasteiger partial charge in [0.2, 0.25) is 0 Å². The lowest BCUT2D eigenvalue weighted by atomic mass is 10.5. The molecule has 0 N–H and O–H groups in total. The molecule has 1 atom stereocenters. The van der Waals surface area contributed by atoms with E-state index in [9.17, 15) is 4.79 Å². The van der Waals surface area contributed by atoms with E-state index in [0.29, 0.717) is 6.61 Å². The van der Waals surface area contributed by atoms with E-state index < -0.39 is 14.4 Å². The van der Waals surface area contributed by atoms with Crippen LogP contribution in [0.3, 0.4) is 0 Å². The fourth-order valence-electron chi connectivity index (χ4n) is 0.921. The topological polar surface area (TPSA) is 66.5 Å². The standard InChI is InChI=1S/C7H14O6Si/c1-9-14(10-2,11-3)7(8)13-5-6-4-12-6/h6H,4-5H2,1-3H3. The molecule has 0 saturated carbocycles. The first kappa shape index (κ1) is 11.6. The molecule has 0 radical (unpaired) electrons. The maximum atomic E-state index is 11.5. The summed E-state index contributed by atoms with van der Waals surface area (Å²) >= 11 is 0. The summed E-state index contributed by atoms with van der Waals surface area (Å²) in [6.45, 7) is 0.860. The Balaban J connectivity index is 2.43. The van der Waals surface area contributed by atoms with Crippen LogP contribution >= 0.6 is 0 Å². The third-order valence-corrected chi connectivity index (χ3v) is 4.12. The number of hydrogen-bond donors (Lipinski definition) is 0. The van der Waals surface area contributed by atoms with Gasteiger partial charge in [0.1, 0.15) is 12.7 Å². The van der Waals surface area contributed by atoms with Gasteiger partial charge in [0.15, 0.2) is 0 Å². The largest absolute Gasteiger partial charge is 0.620 e. The molecule has 0 bridgehead atoms. The lowest BCUT2D eigenvalue weighted by Gasteiger charge is -2.21. The Morgan fingerprint density at radius 3 is 2.21 bits per heavy atom. The summed E-state index contributed by atoms with van der Waals surface area (Å²) < 4.78 is 24.6. The van der Waals surface area contributed by atoms with Crippen LogP contribution in [0.2, 0.25) is 0 Å². The molecule has 1 aliphatic heterocycles. The van der Waals surface area contributed by atoms with Crippen LogP contribution in [0.15, 0.2) is 0 Å². The molecule has 0 aromatic rings. The number of rotatable bonds is 6. The zero-order chi connectivity index (χ0) is 10.6. The zero-order valence-electron chi connectivity index (χ0n) is 8.44. The molecule has 0 spiro atoms. The minimum absolute atomic E-state index is 0.0243. The fourth-order valence-corrected chi connectivity index (χ4v) is 2.18. The van der Waals surface area contributed by atoms with Crippen LogP contribution in [0.25, 0.3) is 0 Å². The molecule has 0 aromatic heterocycles. The molecule has 0 amide bonds. The lowest BCUT2D eigenvalue weighted by Crippen LogP contribution is -2.52. The van der Waals surface area contributed by atoms with Crippen molar-refractivity contribution in [2.24, 2.45) is 0 Å². The van der Waals surface area contributed by atoms with Gasteiger partial charge in [-0.1, -0.05) is 0 Å². The van der Waals surface area contributed by atoms with Crippen molar-refractivity contribution in [1.82, 2.24) is 0 Å². The zero-order valence-corrected chi connectivity index (χ0v) is 9.44. The van der Waals surface area contributed by atoms with E-state index >= 15 is 0 Å². The van der Waals surface area contributed by atoms with E-state index in [1.165, 1.54) is 21.3 Å². The summed E-state index contributed by atoms with van der Waals surface area (Å²) in [5.41, 5.74) is -0.583. The Morgan fingerprint density at radius 1 is 1.36 bits per heavy atom. The molecule has 0 aliphatic carbocycles. The maximum absolute atomic E-state index is 11.5. The first-order valence-electron chi connectivity index (χ1n) is 4.12. The predicted molar refractivity (Wildman–Crippen MR) is 47.9 cm³/mol. The molecule has 1 heterocycles. The Morgan fingerprint density at radius 2 is 1.86 bits per heavy atom. The van der Waals surface area contributed by atoms with Crippen molar-refractivity contribution in [2.45, 2.75) is 6.10 Å². The number of ether oxygens (including phenoxy) is 2.